The van der Waals surface area contributed by atoms with E-state index in [1.807, 2.05) is 29.3 Å². The fraction of sp³-hybridized carbons (Fsp3) is 0.333. The minimum absolute atomic E-state index is 0.181. The molecule has 1 aromatic carbocycles. The Bertz CT molecular complexity index is 614. The van der Waals surface area contributed by atoms with Crippen molar-refractivity contribution in [3.8, 4) is 0 Å². The van der Waals surface area contributed by atoms with Crippen molar-refractivity contribution in [2.75, 3.05) is 12.4 Å². The van der Waals surface area contributed by atoms with Gasteiger partial charge in [-0.25, -0.2) is 0 Å². The molecule has 0 radical (unpaired) electrons. The van der Waals surface area contributed by atoms with E-state index in [0.717, 1.165) is 23.0 Å². The molecule has 0 bridgehead atoms. The highest BCUT2D eigenvalue weighted by Gasteiger charge is 2.28. The number of hydrogen-bond acceptors (Lipinski definition) is 2. The van der Waals surface area contributed by atoms with Gasteiger partial charge in [-0.3, -0.25) is 9.78 Å². The molecule has 3 nitrogen and oxygen atoms in total. The zero-order valence-electron chi connectivity index (χ0n) is 10.6. The van der Waals surface area contributed by atoms with Crippen molar-refractivity contribution >= 4 is 28.3 Å². The largest absolute Gasteiger partial charge is 0.336 e. The number of benzene rings is 1. The fourth-order valence-electron chi connectivity index (χ4n) is 2.52. The monoisotopic (exact) mass is 274 g/mol. The third kappa shape index (κ3) is 2.56. The molecule has 98 valence electrons. The van der Waals surface area contributed by atoms with E-state index in [4.69, 9.17) is 11.6 Å². The van der Waals surface area contributed by atoms with Gasteiger partial charge >= 0.3 is 0 Å². The maximum atomic E-state index is 11.9. The van der Waals surface area contributed by atoms with Crippen LogP contribution >= 0.6 is 11.6 Å². The number of aromatic nitrogens is 1. The molecule has 0 N–H and O–H groups in total. The summed E-state index contributed by atoms with van der Waals surface area (Å²) >= 11 is 5.83. The lowest BCUT2D eigenvalue weighted by atomic mass is 10.1. The summed E-state index contributed by atoms with van der Waals surface area (Å²) < 4.78 is 0. The highest BCUT2D eigenvalue weighted by Crippen LogP contribution is 2.21. The van der Waals surface area contributed by atoms with Crippen LogP contribution in [0.3, 0.4) is 0 Å². The Balaban J connectivity index is 1.80. The molecule has 1 aliphatic rings. The van der Waals surface area contributed by atoms with Gasteiger partial charge in [0.15, 0.2) is 0 Å². The summed E-state index contributed by atoms with van der Waals surface area (Å²) in [6.45, 7) is 1.33. The van der Waals surface area contributed by atoms with E-state index in [1.54, 1.807) is 0 Å². The van der Waals surface area contributed by atoms with Gasteiger partial charge in [0.2, 0.25) is 5.91 Å². The van der Waals surface area contributed by atoms with Crippen LogP contribution in [-0.4, -0.2) is 28.2 Å². The molecule has 19 heavy (non-hydrogen) atoms. The Hall–Kier alpha value is -1.61. The SMILES string of the molecule is O=C1CC(CCl)CN1Cc1cc2ccccc2cn1. The molecular formula is C15H15ClN2O. The third-order valence-electron chi connectivity index (χ3n) is 3.55. The van der Waals surface area contributed by atoms with E-state index in [-0.39, 0.29) is 11.8 Å². The number of carbonyl (C=O) groups is 1. The van der Waals surface area contributed by atoms with E-state index in [0.29, 0.717) is 18.8 Å². The van der Waals surface area contributed by atoms with Crippen molar-refractivity contribution in [2.24, 2.45) is 5.92 Å². The van der Waals surface area contributed by atoms with Crippen molar-refractivity contribution in [2.45, 2.75) is 13.0 Å². The third-order valence-corrected chi connectivity index (χ3v) is 3.99. The van der Waals surface area contributed by atoms with Gasteiger partial charge in [0.25, 0.3) is 0 Å². The predicted molar refractivity (Wildman–Crippen MR) is 76.0 cm³/mol. The normalized spacial score (nSPS) is 19.3. The predicted octanol–water partition coefficient (Wildman–Crippen LogP) is 2.82. The van der Waals surface area contributed by atoms with E-state index in [2.05, 4.69) is 17.1 Å². The Morgan fingerprint density at radius 3 is 2.84 bits per heavy atom. The van der Waals surface area contributed by atoms with Crippen LogP contribution in [0.5, 0.6) is 0 Å². The molecule has 1 saturated heterocycles. The lowest BCUT2D eigenvalue weighted by molar-refractivity contribution is -0.128. The highest BCUT2D eigenvalue weighted by molar-refractivity contribution is 6.18. The molecule has 0 saturated carbocycles. The molecule has 1 aliphatic heterocycles. The second kappa shape index (κ2) is 5.17. The maximum Gasteiger partial charge on any atom is 0.223 e. The summed E-state index contributed by atoms with van der Waals surface area (Å²) in [5.41, 5.74) is 0.933. The number of likely N-dealkylation sites (tertiary alicyclic amines) is 1. The second-order valence-corrected chi connectivity index (χ2v) is 5.33. The molecule has 1 amide bonds. The Labute approximate surface area is 117 Å². The minimum Gasteiger partial charge on any atom is -0.336 e. The first kappa shape index (κ1) is 12.4. The highest BCUT2D eigenvalue weighted by atomic mass is 35.5. The minimum atomic E-state index is 0.181. The summed E-state index contributed by atoms with van der Waals surface area (Å²) in [5.74, 6) is 1.02. The van der Waals surface area contributed by atoms with E-state index in [1.165, 1.54) is 0 Å². The van der Waals surface area contributed by atoms with Crippen molar-refractivity contribution in [3.05, 3.63) is 42.2 Å². The molecule has 0 spiro atoms. The molecule has 3 rings (SSSR count). The number of amides is 1. The number of nitrogens with zero attached hydrogens (tertiary/aromatic N) is 2. The summed E-state index contributed by atoms with van der Waals surface area (Å²) in [5, 5.41) is 2.28. The number of fused-ring (bicyclic) bond motifs is 1. The molecule has 4 heteroatoms. The lowest BCUT2D eigenvalue weighted by Crippen LogP contribution is -2.25. The molecule has 1 fully saturated rings. The van der Waals surface area contributed by atoms with Crippen LogP contribution < -0.4 is 0 Å². The molecule has 0 aliphatic carbocycles. The molecule has 1 atom stereocenters. The summed E-state index contributed by atoms with van der Waals surface area (Å²) in [6, 6.07) is 10.2. The summed E-state index contributed by atoms with van der Waals surface area (Å²) in [7, 11) is 0. The quantitative estimate of drug-likeness (QED) is 0.807. The first-order chi connectivity index (χ1) is 9.26. The number of rotatable bonds is 3. The fourth-order valence-corrected chi connectivity index (χ4v) is 2.73. The van der Waals surface area contributed by atoms with E-state index >= 15 is 0 Å². The van der Waals surface area contributed by atoms with Gasteiger partial charge in [0, 0.05) is 30.4 Å². The number of carbonyl (C=O) groups excluding carboxylic acids is 1. The second-order valence-electron chi connectivity index (χ2n) is 5.02. The van der Waals surface area contributed by atoms with Crippen LogP contribution in [0.4, 0.5) is 0 Å². The Kier molecular flexibility index (Phi) is 3.38. The molecule has 1 unspecified atom stereocenters. The molecule has 2 heterocycles. The van der Waals surface area contributed by atoms with Gasteiger partial charge in [-0.05, 0) is 17.4 Å². The average Bonchev–Trinajstić information content (AvgIpc) is 2.79. The van der Waals surface area contributed by atoms with E-state index in [9.17, 15) is 4.79 Å². The van der Waals surface area contributed by atoms with Crippen LogP contribution in [-0.2, 0) is 11.3 Å². The number of hydrogen-bond donors (Lipinski definition) is 0. The van der Waals surface area contributed by atoms with E-state index < -0.39 is 0 Å². The smallest absolute Gasteiger partial charge is 0.223 e. The summed E-state index contributed by atoms with van der Waals surface area (Å²) in [4.78, 5) is 18.1. The standard InChI is InChI=1S/C15H15ClN2O/c16-7-11-5-15(19)18(9-11)10-14-6-12-3-1-2-4-13(12)8-17-14/h1-4,6,8,11H,5,7,9-10H2. The number of pyridine rings is 1. The Morgan fingerprint density at radius 2 is 2.11 bits per heavy atom. The van der Waals surface area contributed by atoms with Crippen LogP contribution in [0.15, 0.2) is 36.5 Å². The molecule has 1 aromatic heterocycles. The maximum absolute atomic E-state index is 11.9. The molecular weight excluding hydrogens is 260 g/mol. The Morgan fingerprint density at radius 1 is 1.32 bits per heavy atom. The van der Waals surface area contributed by atoms with Gasteiger partial charge in [-0.2, -0.15) is 0 Å². The zero-order valence-corrected chi connectivity index (χ0v) is 11.3. The first-order valence-corrected chi connectivity index (χ1v) is 6.97. The van der Waals surface area contributed by atoms with Crippen molar-refractivity contribution in [1.29, 1.82) is 0 Å². The number of alkyl halides is 1. The van der Waals surface area contributed by atoms with Gasteiger partial charge in [-0.15, -0.1) is 11.6 Å². The van der Waals surface area contributed by atoms with Gasteiger partial charge in [-0.1, -0.05) is 24.3 Å². The summed E-state index contributed by atoms with van der Waals surface area (Å²) in [6.07, 6.45) is 2.43. The van der Waals surface area contributed by atoms with Crippen molar-refractivity contribution in [1.82, 2.24) is 9.88 Å². The van der Waals surface area contributed by atoms with Gasteiger partial charge in [0.1, 0.15) is 0 Å². The zero-order chi connectivity index (χ0) is 13.2. The van der Waals surface area contributed by atoms with Crippen molar-refractivity contribution < 1.29 is 4.79 Å². The van der Waals surface area contributed by atoms with Crippen LogP contribution in [0, 0.1) is 5.92 Å². The lowest BCUT2D eigenvalue weighted by Gasteiger charge is -2.15. The molecule has 2 aromatic rings. The van der Waals surface area contributed by atoms with Crippen LogP contribution in [0.2, 0.25) is 0 Å². The van der Waals surface area contributed by atoms with Crippen LogP contribution in [0.25, 0.3) is 10.8 Å². The van der Waals surface area contributed by atoms with Crippen LogP contribution in [0.1, 0.15) is 12.1 Å². The van der Waals surface area contributed by atoms with Gasteiger partial charge in [0.05, 0.1) is 12.2 Å². The number of halogens is 1. The first-order valence-electron chi connectivity index (χ1n) is 6.43. The van der Waals surface area contributed by atoms with Gasteiger partial charge < -0.3 is 4.90 Å². The topological polar surface area (TPSA) is 33.2 Å². The van der Waals surface area contributed by atoms with Crippen molar-refractivity contribution in [3.63, 3.8) is 0 Å². The average molecular weight is 275 g/mol.